The van der Waals surface area contributed by atoms with Crippen LogP contribution in [0.25, 0.3) is 22.2 Å². The van der Waals surface area contributed by atoms with Gasteiger partial charge >= 0.3 is 0 Å². The molecule has 1 heterocycles. The quantitative estimate of drug-likeness (QED) is 0.789. The van der Waals surface area contributed by atoms with Crippen LogP contribution >= 0.6 is 0 Å². The largest absolute Gasteiger partial charge is 0.339 e. The van der Waals surface area contributed by atoms with Crippen LogP contribution in [0.4, 0.5) is 0 Å². The summed E-state index contributed by atoms with van der Waals surface area (Å²) in [6, 6.07) is 12.6. The summed E-state index contributed by atoms with van der Waals surface area (Å²) in [6.07, 6.45) is 1.59. The van der Waals surface area contributed by atoms with Crippen molar-refractivity contribution in [2.75, 3.05) is 6.54 Å². The molecule has 0 aliphatic rings. The molecule has 0 fully saturated rings. The second-order valence-electron chi connectivity index (χ2n) is 4.97. The third-order valence-corrected chi connectivity index (χ3v) is 3.32. The summed E-state index contributed by atoms with van der Waals surface area (Å²) < 4.78 is 5.24. The lowest BCUT2D eigenvalue weighted by Crippen LogP contribution is -2.00. The molecule has 2 N–H and O–H groups in total. The van der Waals surface area contributed by atoms with Gasteiger partial charge in [-0.15, -0.1) is 0 Å². The van der Waals surface area contributed by atoms with Crippen molar-refractivity contribution in [3.63, 3.8) is 0 Å². The average Bonchev–Trinajstić information content (AvgIpc) is 2.93. The number of benzene rings is 2. The lowest BCUT2D eigenvalue weighted by Gasteiger charge is -2.01. The molecule has 0 aliphatic heterocycles. The SMILES string of the molecule is Cc1ccc2cc(-c3noc(CCCN)n3)ccc2c1. The summed E-state index contributed by atoms with van der Waals surface area (Å²) in [5.41, 5.74) is 7.71. The van der Waals surface area contributed by atoms with Crippen molar-refractivity contribution >= 4 is 10.8 Å². The van der Waals surface area contributed by atoms with Crippen LogP contribution < -0.4 is 5.73 Å². The summed E-state index contributed by atoms with van der Waals surface area (Å²) in [4.78, 5) is 4.41. The fraction of sp³-hybridized carbons (Fsp3) is 0.250. The Hall–Kier alpha value is -2.20. The maximum absolute atomic E-state index is 5.48. The molecule has 1 aromatic heterocycles. The Morgan fingerprint density at radius 2 is 1.90 bits per heavy atom. The predicted octanol–water partition coefficient (Wildman–Crippen LogP) is 3.09. The first-order valence-corrected chi connectivity index (χ1v) is 6.80. The van der Waals surface area contributed by atoms with Crippen molar-refractivity contribution in [2.45, 2.75) is 19.8 Å². The monoisotopic (exact) mass is 267 g/mol. The van der Waals surface area contributed by atoms with Gasteiger partial charge in [-0.1, -0.05) is 41.1 Å². The number of aromatic nitrogens is 2. The molecule has 102 valence electrons. The van der Waals surface area contributed by atoms with Gasteiger partial charge in [0.25, 0.3) is 0 Å². The van der Waals surface area contributed by atoms with E-state index in [4.69, 9.17) is 10.3 Å². The van der Waals surface area contributed by atoms with E-state index in [1.54, 1.807) is 0 Å². The fourth-order valence-corrected chi connectivity index (χ4v) is 2.23. The molecule has 0 radical (unpaired) electrons. The Labute approximate surface area is 117 Å². The van der Waals surface area contributed by atoms with Gasteiger partial charge in [-0.25, -0.2) is 0 Å². The Balaban J connectivity index is 1.93. The molecule has 0 saturated heterocycles. The highest BCUT2D eigenvalue weighted by molar-refractivity contribution is 5.86. The Kier molecular flexibility index (Phi) is 3.48. The van der Waals surface area contributed by atoms with E-state index in [0.29, 0.717) is 18.3 Å². The van der Waals surface area contributed by atoms with Crippen LogP contribution in [0.5, 0.6) is 0 Å². The van der Waals surface area contributed by atoms with Gasteiger partial charge in [-0.3, -0.25) is 0 Å². The lowest BCUT2D eigenvalue weighted by molar-refractivity contribution is 0.376. The molecule has 4 nitrogen and oxygen atoms in total. The molecule has 4 heteroatoms. The number of nitrogens with two attached hydrogens (primary N) is 1. The maximum Gasteiger partial charge on any atom is 0.227 e. The predicted molar refractivity (Wildman–Crippen MR) is 79.4 cm³/mol. The topological polar surface area (TPSA) is 64.9 Å². The highest BCUT2D eigenvalue weighted by Crippen LogP contribution is 2.23. The van der Waals surface area contributed by atoms with Crippen LogP contribution in [-0.2, 0) is 6.42 Å². The van der Waals surface area contributed by atoms with Crippen molar-refractivity contribution in [1.29, 1.82) is 0 Å². The number of fused-ring (bicyclic) bond motifs is 1. The minimum Gasteiger partial charge on any atom is -0.339 e. The lowest BCUT2D eigenvalue weighted by atomic mass is 10.0. The van der Waals surface area contributed by atoms with Crippen LogP contribution in [-0.4, -0.2) is 16.7 Å². The molecule has 0 bridgehead atoms. The van der Waals surface area contributed by atoms with E-state index in [-0.39, 0.29) is 0 Å². The van der Waals surface area contributed by atoms with Gasteiger partial charge < -0.3 is 10.3 Å². The molecule has 0 amide bonds. The zero-order valence-electron chi connectivity index (χ0n) is 11.5. The van der Waals surface area contributed by atoms with E-state index >= 15 is 0 Å². The van der Waals surface area contributed by atoms with Crippen molar-refractivity contribution in [3.05, 3.63) is 47.9 Å². The maximum atomic E-state index is 5.48. The Morgan fingerprint density at radius 1 is 1.10 bits per heavy atom. The number of nitrogens with zero attached hydrogens (tertiary/aromatic N) is 2. The van der Waals surface area contributed by atoms with Gasteiger partial charge in [0.15, 0.2) is 0 Å². The van der Waals surface area contributed by atoms with E-state index in [0.717, 1.165) is 18.4 Å². The van der Waals surface area contributed by atoms with Crippen LogP contribution in [0, 0.1) is 6.92 Å². The van der Waals surface area contributed by atoms with E-state index in [1.165, 1.54) is 16.3 Å². The van der Waals surface area contributed by atoms with E-state index in [9.17, 15) is 0 Å². The molecule has 0 unspecified atom stereocenters. The van der Waals surface area contributed by atoms with E-state index < -0.39 is 0 Å². The van der Waals surface area contributed by atoms with Crippen molar-refractivity contribution in [3.8, 4) is 11.4 Å². The van der Waals surface area contributed by atoms with Crippen LogP contribution in [0.3, 0.4) is 0 Å². The highest BCUT2D eigenvalue weighted by atomic mass is 16.5. The zero-order valence-corrected chi connectivity index (χ0v) is 11.5. The smallest absolute Gasteiger partial charge is 0.227 e. The Morgan fingerprint density at radius 3 is 2.75 bits per heavy atom. The summed E-state index contributed by atoms with van der Waals surface area (Å²) in [6.45, 7) is 2.73. The van der Waals surface area contributed by atoms with Gasteiger partial charge in [-0.2, -0.15) is 4.98 Å². The average molecular weight is 267 g/mol. The number of hydrogen-bond donors (Lipinski definition) is 1. The summed E-state index contributed by atoms with van der Waals surface area (Å²) in [5, 5.41) is 6.44. The van der Waals surface area contributed by atoms with Crippen LogP contribution in [0.1, 0.15) is 17.9 Å². The molecular weight excluding hydrogens is 250 g/mol. The van der Waals surface area contributed by atoms with Crippen LogP contribution in [0.15, 0.2) is 40.9 Å². The zero-order chi connectivity index (χ0) is 13.9. The molecule has 3 aromatic rings. The van der Waals surface area contributed by atoms with E-state index in [2.05, 4.69) is 47.4 Å². The molecule has 20 heavy (non-hydrogen) atoms. The third-order valence-electron chi connectivity index (χ3n) is 3.32. The third kappa shape index (κ3) is 2.56. The molecule has 0 atom stereocenters. The second kappa shape index (κ2) is 5.43. The van der Waals surface area contributed by atoms with E-state index in [1.807, 2.05) is 6.07 Å². The number of hydrogen-bond acceptors (Lipinski definition) is 4. The summed E-state index contributed by atoms with van der Waals surface area (Å²) >= 11 is 0. The van der Waals surface area contributed by atoms with Gasteiger partial charge in [0.2, 0.25) is 11.7 Å². The minimum atomic E-state index is 0.632. The Bertz CT molecular complexity index is 733. The molecule has 3 rings (SSSR count). The first-order valence-electron chi connectivity index (χ1n) is 6.80. The minimum absolute atomic E-state index is 0.632. The van der Waals surface area contributed by atoms with Gasteiger partial charge in [0.1, 0.15) is 0 Å². The first kappa shape index (κ1) is 12.8. The van der Waals surface area contributed by atoms with Crippen molar-refractivity contribution < 1.29 is 4.52 Å². The molecule has 0 aliphatic carbocycles. The number of aryl methyl sites for hydroxylation is 2. The second-order valence-corrected chi connectivity index (χ2v) is 4.97. The molecule has 0 spiro atoms. The van der Waals surface area contributed by atoms with Gasteiger partial charge in [0.05, 0.1) is 0 Å². The normalized spacial score (nSPS) is 11.1. The van der Waals surface area contributed by atoms with Gasteiger partial charge in [0, 0.05) is 12.0 Å². The number of rotatable bonds is 4. The van der Waals surface area contributed by atoms with Crippen molar-refractivity contribution in [1.82, 2.24) is 10.1 Å². The first-order chi connectivity index (χ1) is 9.76. The fourth-order valence-electron chi connectivity index (χ4n) is 2.23. The van der Waals surface area contributed by atoms with Gasteiger partial charge in [-0.05, 0) is 36.7 Å². The highest BCUT2D eigenvalue weighted by Gasteiger charge is 2.08. The molecule has 0 saturated carbocycles. The molecular formula is C16H17N3O. The summed E-state index contributed by atoms with van der Waals surface area (Å²) in [5.74, 6) is 1.29. The van der Waals surface area contributed by atoms with Crippen LogP contribution in [0.2, 0.25) is 0 Å². The van der Waals surface area contributed by atoms with Crippen molar-refractivity contribution in [2.24, 2.45) is 5.73 Å². The molecule has 2 aromatic carbocycles. The standard InChI is InChI=1S/C16H17N3O/c1-11-4-5-13-10-14(7-6-12(13)9-11)16-18-15(20-19-16)3-2-8-17/h4-7,9-10H,2-3,8,17H2,1H3. The summed E-state index contributed by atoms with van der Waals surface area (Å²) in [7, 11) is 0.